The van der Waals surface area contributed by atoms with Crippen molar-refractivity contribution in [3.63, 3.8) is 0 Å². The quantitative estimate of drug-likeness (QED) is 0.360. The second-order valence-corrected chi connectivity index (χ2v) is 1.56. The van der Waals surface area contributed by atoms with Gasteiger partial charge in [-0.05, 0) is 4.92 Å². The highest BCUT2D eigenvalue weighted by Crippen LogP contribution is 2.04. The Morgan fingerprint density at radius 2 is 2.50 bits per heavy atom. The maximum Gasteiger partial charge on any atom is 0.390 e. The molecule has 0 atom stereocenters. The molecule has 0 aliphatic heterocycles. The molecule has 1 N–H and O–H groups in total. The molecule has 6 nitrogen and oxygen atoms in total. The van der Waals surface area contributed by atoms with Gasteiger partial charge in [0.2, 0.25) is 0 Å². The lowest BCUT2D eigenvalue weighted by molar-refractivity contribution is -0.389. The minimum atomic E-state index is -0.677. The van der Waals surface area contributed by atoms with Gasteiger partial charge in [0.15, 0.2) is 6.29 Å². The first-order chi connectivity index (χ1) is 4.74. The summed E-state index contributed by atoms with van der Waals surface area (Å²) in [6.45, 7) is 0. The smallest absolute Gasteiger partial charge is 0.358 e. The molecule has 0 spiro atoms. The van der Waals surface area contributed by atoms with Crippen LogP contribution in [0.1, 0.15) is 10.5 Å². The highest BCUT2D eigenvalue weighted by atomic mass is 16.6. The molecule has 1 rings (SSSR count). The van der Waals surface area contributed by atoms with Crippen molar-refractivity contribution in [2.45, 2.75) is 0 Å². The van der Waals surface area contributed by atoms with Crippen LogP contribution in [0.3, 0.4) is 0 Å². The van der Waals surface area contributed by atoms with E-state index >= 15 is 0 Å². The second kappa shape index (κ2) is 2.26. The Labute approximate surface area is 55.0 Å². The molecule has 10 heavy (non-hydrogen) atoms. The summed E-state index contributed by atoms with van der Waals surface area (Å²) in [5.74, 6) is -0.345. The predicted octanol–water partition coefficient (Wildman–Crippen LogP) is 0.130. The molecule has 0 aliphatic carbocycles. The first-order valence-electron chi connectivity index (χ1n) is 2.39. The molecule has 0 radical (unpaired) electrons. The highest BCUT2D eigenvalue weighted by molar-refractivity contribution is 5.72. The van der Waals surface area contributed by atoms with Crippen LogP contribution in [0.4, 0.5) is 5.82 Å². The van der Waals surface area contributed by atoms with Gasteiger partial charge in [0, 0.05) is 0 Å². The molecule has 0 aromatic carbocycles. The van der Waals surface area contributed by atoms with E-state index in [-0.39, 0.29) is 11.5 Å². The van der Waals surface area contributed by atoms with Gasteiger partial charge in [-0.1, -0.05) is 0 Å². The van der Waals surface area contributed by atoms with E-state index in [4.69, 9.17) is 0 Å². The van der Waals surface area contributed by atoms with Crippen molar-refractivity contribution >= 4 is 12.1 Å². The highest BCUT2D eigenvalue weighted by Gasteiger charge is 2.09. The van der Waals surface area contributed by atoms with Gasteiger partial charge in [-0.3, -0.25) is 4.79 Å². The van der Waals surface area contributed by atoms with Crippen LogP contribution in [0.15, 0.2) is 6.07 Å². The second-order valence-electron chi connectivity index (χ2n) is 1.56. The monoisotopic (exact) mass is 141 g/mol. The number of nitrogens with one attached hydrogen (secondary N) is 1. The van der Waals surface area contributed by atoms with E-state index in [0.29, 0.717) is 6.29 Å². The van der Waals surface area contributed by atoms with Gasteiger partial charge in [-0.25, -0.2) is 0 Å². The number of aromatic nitrogens is 2. The number of aromatic amines is 1. The van der Waals surface area contributed by atoms with Crippen LogP contribution >= 0.6 is 0 Å². The molecule has 1 aromatic heterocycles. The molecule has 0 saturated heterocycles. The number of H-pyrrole nitrogens is 1. The number of nitro groups is 1. The van der Waals surface area contributed by atoms with Crippen LogP contribution in [0, 0.1) is 10.1 Å². The van der Waals surface area contributed by atoms with E-state index in [1.807, 2.05) is 0 Å². The predicted molar refractivity (Wildman–Crippen MR) is 30.6 cm³/mol. The van der Waals surface area contributed by atoms with E-state index in [0.717, 1.165) is 6.07 Å². The zero-order valence-corrected chi connectivity index (χ0v) is 4.77. The molecule has 0 saturated carbocycles. The average Bonchev–Trinajstić information content (AvgIpc) is 2.34. The first-order valence-corrected chi connectivity index (χ1v) is 2.39. The van der Waals surface area contributed by atoms with E-state index in [9.17, 15) is 14.9 Å². The van der Waals surface area contributed by atoms with Crippen LogP contribution in [-0.2, 0) is 0 Å². The standard InChI is InChI=1S/C4H3N3O3/c8-2-3-1-4(6-5-3)7(9)10/h1-2H,(H,5,6). The van der Waals surface area contributed by atoms with Crippen LogP contribution in [-0.4, -0.2) is 21.4 Å². The average molecular weight is 141 g/mol. The van der Waals surface area contributed by atoms with Gasteiger partial charge in [0.05, 0.1) is 11.2 Å². The SMILES string of the molecule is O=Cc1cc([N+](=O)[O-])n[nH]1. The summed E-state index contributed by atoms with van der Waals surface area (Å²) in [6, 6.07) is 1.06. The van der Waals surface area contributed by atoms with Gasteiger partial charge in [0.1, 0.15) is 5.69 Å². The molecule has 6 heteroatoms. The summed E-state index contributed by atoms with van der Waals surface area (Å²) in [7, 11) is 0. The summed E-state index contributed by atoms with van der Waals surface area (Å²) in [5, 5.41) is 15.3. The Bertz CT molecular complexity index is 266. The van der Waals surface area contributed by atoms with Crippen molar-refractivity contribution in [1.29, 1.82) is 0 Å². The lowest BCUT2D eigenvalue weighted by Gasteiger charge is -1.80. The van der Waals surface area contributed by atoms with Crippen molar-refractivity contribution in [1.82, 2.24) is 10.2 Å². The Balaban J connectivity index is 2.98. The molecule has 52 valence electrons. The minimum Gasteiger partial charge on any atom is -0.358 e. The van der Waals surface area contributed by atoms with Crippen molar-refractivity contribution < 1.29 is 9.72 Å². The van der Waals surface area contributed by atoms with Crippen molar-refractivity contribution in [3.8, 4) is 0 Å². The maximum atomic E-state index is 9.95. The van der Waals surface area contributed by atoms with Crippen LogP contribution in [0.5, 0.6) is 0 Å². The number of hydrogen-bond acceptors (Lipinski definition) is 4. The third kappa shape index (κ3) is 0.993. The molecule has 0 amide bonds. The first kappa shape index (κ1) is 6.40. The van der Waals surface area contributed by atoms with Gasteiger partial charge >= 0.3 is 5.82 Å². The molecular formula is C4H3N3O3. The van der Waals surface area contributed by atoms with Crippen LogP contribution in [0.25, 0.3) is 0 Å². The van der Waals surface area contributed by atoms with Gasteiger partial charge in [0.25, 0.3) is 0 Å². The zero-order valence-electron chi connectivity index (χ0n) is 4.77. The van der Waals surface area contributed by atoms with Crippen molar-refractivity contribution in [2.24, 2.45) is 0 Å². The van der Waals surface area contributed by atoms with Crippen LogP contribution in [0.2, 0.25) is 0 Å². The minimum absolute atomic E-state index is 0.103. The number of aldehydes is 1. The normalized spacial score (nSPS) is 9.20. The Morgan fingerprint density at radius 1 is 1.80 bits per heavy atom. The summed E-state index contributed by atoms with van der Waals surface area (Å²) in [4.78, 5) is 19.2. The van der Waals surface area contributed by atoms with Crippen molar-refractivity contribution in [3.05, 3.63) is 21.9 Å². The van der Waals surface area contributed by atoms with Gasteiger partial charge < -0.3 is 10.1 Å². The van der Waals surface area contributed by atoms with Crippen LogP contribution < -0.4 is 0 Å². The Kier molecular flexibility index (Phi) is 1.44. The summed E-state index contributed by atoms with van der Waals surface area (Å²) in [6.07, 6.45) is 0.458. The summed E-state index contributed by atoms with van der Waals surface area (Å²) < 4.78 is 0. The Hall–Kier alpha value is -1.72. The molecule has 0 fully saturated rings. The van der Waals surface area contributed by atoms with E-state index in [1.54, 1.807) is 0 Å². The van der Waals surface area contributed by atoms with Gasteiger partial charge in [-0.15, -0.1) is 0 Å². The molecule has 0 aliphatic rings. The fraction of sp³-hybridized carbons (Fsp3) is 0. The summed E-state index contributed by atoms with van der Waals surface area (Å²) in [5.41, 5.74) is 0.103. The van der Waals surface area contributed by atoms with Crippen molar-refractivity contribution in [2.75, 3.05) is 0 Å². The molecule has 1 heterocycles. The largest absolute Gasteiger partial charge is 0.390 e. The molecule has 1 aromatic rings. The molecule has 0 unspecified atom stereocenters. The fourth-order valence-electron chi connectivity index (χ4n) is 0.479. The number of hydrogen-bond donors (Lipinski definition) is 1. The Morgan fingerprint density at radius 3 is 2.80 bits per heavy atom. The molecular weight excluding hydrogens is 138 g/mol. The van der Waals surface area contributed by atoms with E-state index in [2.05, 4.69) is 10.2 Å². The maximum absolute atomic E-state index is 9.95. The lowest BCUT2D eigenvalue weighted by Crippen LogP contribution is -1.86. The number of carbonyl (C=O) groups is 1. The fourth-order valence-corrected chi connectivity index (χ4v) is 0.479. The van der Waals surface area contributed by atoms with Gasteiger partial charge in [-0.2, -0.15) is 5.10 Å². The summed E-state index contributed by atoms with van der Waals surface area (Å²) >= 11 is 0. The molecule has 0 bridgehead atoms. The number of nitrogens with zero attached hydrogens (tertiary/aromatic N) is 2. The zero-order chi connectivity index (χ0) is 7.56. The number of rotatable bonds is 2. The topological polar surface area (TPSA) is 88.9 Å². The third-order valence-corrected chi connectivity index (χ3v) is 0.898. The lowest BCUT2D eigenvalue weighted by atomic mass is 10.5. The van der Waals surface area contributed by atoms with E-state index in [1.165, 1.54) is 0 Å². The van der Waals surface area contributed by atoms with E-state index < -0.39 is 4.92 Å². The number of carbonyl (C=O) groups excluding carboxylic acids is 1. The third-order valence-electron chi connectivity index (χ3n) is 0.898.